The number of piperazine rings is 1. The number of aryl methyl sites for hydroxylation is 1. The Kier molecular flexibility index (Phi) is 5.32. The first-order valence-corrected chi connectivity index (χ1v) is 8.74. The molecule has 2 aromatic rings. The Balaban J connectivity index is 1.67. The molecular weight excluding hydrogens is 328 g/mol. The van der Waals surface area contributed by atoms with Gasteiger partial charge in [-0.2, -0.15) is 10.2 Å². The first kappa shape index (κ1) is 17.7. The molecule has 1 aromatic carbocycles. The topological polar surface area (TPSA) is 85.2 Å². The Bertz CT molecular complexity index is 836. The molecule has 26 heavy (non-hydrogen) atoms. The molecule has 0 aliphatic carbocycles. The summed E-state index contributed by atoms with van der Waals surface area (Å²) in [7, 11) is 0. The SMILES string of the molecule is CCNc1nc(C)cc(N2CCN(C(=O)c3cccc(C#N)c3)CC2)n1. The molecule has 1 aromatic heterocycles. The van der Waals surface area contributed by atoms with Crippen LogP contribution < -0.4 is 10.2 Å². The van der Waals surface area contributed by atoms with Gasteiger partial charge in [0.25, 0.3) is 5.91 Å². The van der Waals surface area contributed by atoms with Crippen molar-refractivity contribution in [1.82, 2.24) is 14.9 Å². The number of nitrogens with one attached hydrogen (secondary N) is 1. The minimum absolute atomic E-state index is 0.0334. The predicted molar refractivity (Wildman–Crippen MR) is 100 cm³/mol. The van der Waals surface area contributed by atoms with Gasteiger partial charge < -0.3 is 15.1 Å². The van der Waals surface area contributed by atoms with E-state index in [9.17, 15) is 4.79 Å². The minimum Gasteiger partial charge on any atom is -0.354 e. The highest BCUT2D eigenvalue weighted by Gasteiger charge is 2.23. The van der Waals surface area contributed by atoms with Gasteiger partial charge in [-0.1, -0.05) is 6.07 Å². The van der Waals surface area contributed by atoms with E-state index in [1.807, 2.05) is 24.8 Å². The summed E-state index contributed by atoms with van der Waals surface area (Å²) >= 11 is 0. The van der Waals surface area contributed by atoms with Gasteiger partial charge in [-0.15, -0.1) is 0 Å². The quantitative estimate of drug-likeness (QED) is 0.908. The molecule has 1 aliphatic rings. The number of nitrogens with zero attached hydrogens (tertiary/aromatic N) is 5. The van der Waals surface area contributed by atoms with Gasteiger partial charge >= 0.3 is 0 Å². The standard InChI is InChI=1S/C19H22N6O/c1-3-21-19-22-14(2)11-17(23-19)24-7-9-25(10-8-24)18(26)16-6-4-5-15(12-16)13-20/h4-6,11-12H,3,7-10H2,1-2H3,(H,21,22,23). The number of carbonyl (C=O) groups excluding carboxylic acids is 1. The molecule has 0 unspecified atom stereocenters. The summed E-state index contributed by atoms with van der Waals surface area (Å²) in [5.74, 6) is 1.48. The van der Waals surface area contributed by atoms with E-state index in [0.717, 1.165) is 18.1 Å². The van der Waals surface area contributed by atoms with E-state index in [4.69, 9.17) is 5.26 Å². The van der Waals surface area contributed by atoms with Gasteiger partial charge in [0.15, 0.2) is 0 Å². The molecule has 134 valence electrons. The highest BCUT2D eigenvalue weighted by molar-refractivity contribution is 5.94. The predicted octanol–water partition coefficient (Wildman–Crippen LogP) is 2.05. The van der Waals surface area contributed by atoms with E-state index in [1.54, 1.807) is 24.3 Å². The zero-order valence-electron chi connectivity index (χ0n) is 15.1. The molecule has 3 rings (SSSR count). The van der Waals surface area contributed by atoms with Gasteiger partial charge in [-0.3, -0.25) is 4.79 Å². The van der Waals surface area contributed by atoms with Gasteiger partial charge in [-0.05, 0) is 32.0 Å². The van der Waals surface area contributed by atoms with Crippen LogP contribution in [0.15, 0.2) is 30.3 Å². The summed E-state index contributed by atoms with van der Waals surface area (Å²) < 4.78 is 0. The molecule has 1 N–H and O–H groups in total. The highest BCUT2D eigenvalue weighted by Crippen LogP contribution is 2.18. The number of hydrogen-bond donors (Lipinski definition) is 1. The first-order valence-electron chi connectivity index (χ1n) is 8.74. The van der Waals surface area contributed by atoms with Gasteiger partial charge in [0, 0.05) is 50.0 Å². The second-order valence-corrected chi connectivity index (χ2v) is 6.19. The van der Waals surface area contributed by atoms with Crippen molar-refractivity contribution in [2.75, 3.05) is 42.9 Å². The lowest BCUT2D eigenvalue weighted by Gasteiger charge is -2.35. The largest absolute Gasteiger partial charge is 0.354 e. The Labute approximate surface area is 153 Å². The molecule has 2 heterocycles. The molecule has 1 amide bonds. The Hall–Kier alpha value is -3.14. The number of hydrogen-bond acceptors (Lipinski definition) is 6. The van der Waals surface area contributed by atoms with Gasteiger partial charge in [0.2, 0.25) is 5.95 Å². The lowest BCUT2D eigenvalue weighted by Crippen LogP contribution is -2.49. The number of anilines is 2. The van der Waals surface area contributed by atoms with Crippen LogP contribution in [0.3, 0.4) is 0 Å². The zero-order chi connectivity index (χ0) is 18.5. The fourth-order valence-corrected chi connectivity index (χ4v) is 2.99. The molecule has 0 spiro atoms. The van der Waals surface area contributed by atoms with Gasteiger partial charge in [0.1, 0.15) is 5.82 Å². The van der Waals surface area contributed by atoms with Crippen LogP contribution in [0.1, 0.15) is 28.5 Å². The van der Waals surface area contributed by atoms with E-state index in [-0.39, 0.29) is 5.91 Å². The molecule has 0 bridgehead atoms. The number of aromatic nitrogens is 2. The monoisotopic (exact) mass is 350 g/mol. The molecule has 1 aliphatic heterocycles. The Morgan fingerprint density at radius 3 is 2.69 bits per heavy atom. The van der Waals surface area contributed by atoms with Crippen molar-refractivity contribution in [2.45, 2.75) is 13.8 Å². The van der Waals surface area contributed by atoms with Crippen molar-refractivity contribution in [3.63, 3.8) is 0 Å². The fourth-order valence-electron chi connectivity index (χ4n) is 2.99. The highest BCUT2D eigenvalue weighted by atomic mass is 16.2. The molecule has 7 heteroatoms. The molecule has 1 fully saturated rings. The summed E-state index contributed by atoms with van der Waals surface area (Å²) in [6.45, 7) is 7.40. The van der Waals surface area contributed by atoms with E-state index in [1.165, 1.54) is 0 Å². The average molecular weight is 350 g/mol. The Morgan fingerprint density at radius 2 is 2.00 bits per heavy atom. The van der Waals surface area contributed by atoms with Crippen molar-refractivity contribution in [1.29, 1.82) is 5.26 Å². The molecular formula is C19H22N6O. The van der Waals surface area contributed by atoms with Crippen molar-refractivity contribution in [3.05, 3.63) is 47.2 Å². The third-order valence-electron chi connectivity index (χ3n) is 4.31. The number of benzene rings is 1. The Morgan fingerprint density at radius 1 is 1.23 bits per heavy atom. The van der Waals surface area contributed by atoms with E-state index in [2.05, 4.69) is 26.3 Å². The van der Waals surface area contributed by atoms with Crippen molar-refractivity contribution in [2.24, 2.45) is 0 Å². The van der Waals surface area contributed by atoms with E-state index in [0.29, 0.717) is 43.3 Å². The van der Waals surface area contributed by atoms with Crippen LogP contribution >= 0.6 is 0 Å². The molecule has 0 saturated carbocycles. The summed E-state index contributed by atoms with van der Waals surface area (Å²) in [5, 5.41) is 12.1. The van der Waals surface area contributed by atoms with E-state index < -0.39 is 0 Å². The summed E-state index contributed by atoms with van der Waals surface area (Å²) in [6, 6.07) is 10.9. The summed E-state index contributed by atoms with van der Waals surface area (Å²) in [5.41, 5.74) is 1.98. The maximum atomic E-state index is 12.7. The van der Waals surface area contributed by atoms with Crippen molar-refractivity contribution in [3.8, 4) is 6.07 Å². The van der Waals surface area contributed by atoms with Crippen LogP contribution in [0.4, 0.5) is 11.8 Å². The maximum absolute atomic E-state index is 12.7. The summed E-state index contributed by atoms with van der Waals surface area (Å²) in [6.07, 6.45) is 0. The second-order valence-electron chi connectivity index (χ2n) is 6.19. The lowest BCUT2D eigenvalue weighted by atomic mass is 10.1. The minimum atomic E-state index is -0.0334. The van der Waals surface area contributed by atoms with Crippen LogP contribution in [0, 0.1) is 18.3 Å². The van der Waals surface area contributed by atoms with Crippen LogP contribution in [0.25, 0.3) is 0 Å². The number of amides is 1. The number of rotatable bonds is 4. The zero-order valence-corrected chi connectivity index (χ0v) is 15.1. The van der Waals surface area contributed by atoms with E-state index >= 15 is 0 Å². The molecule has 0 radical (unpaired) electrons. The molecule has 1 saturated heterocycles. The van der Waals surface area contributed by atoms with Crippen molar-refractivity contribution >= 4 is 17.7 Å². The van der Waals surface area contributed by atoms with Gasteiger partial charge in [0.05, 0.1) is 11.6 Å². The van der Waals surface area contributed by atoms with Crippen LogP contribution in [-0.2, 0) is 0 Å². The first-order chi connectivity index (χ1) is 12.6. The molecule has 7 nitrogen and oxygen atoms in total. The number of nitriles is 1. The molecule has 0 atom stereocenters. The normalized spacial score (nSPS) is 14.0. The van der Waals surface area contributed by atoms with Crippen molar-refractivity contribution < 1.29 is 4.79 Å². The third-order valence-corrected chi connectivity index (χ3v) is 4.31. The maximum Gasteiger partial charge on any atom is 0.254 e. The third kappa shape index (κ3) is 3.91. The smallest absolute Gasteiger partial charge is 0.254 e. The second kappa shape index (κ2) is 7.83. The summed E-state index contributed by atoms with van der Waals surface area (Å²) in [4.78, 5) is 25.6. The van der Waals surface area contributed by atoms with Crippen LogP contribution in [0.2, 0.25) is 0 Å². The van der Waals surface area contributed by atoms with Gasteiger partial charge in [-0.25, -0.2) is 4.98 Å². The fraction of sp³-hybridized carbons (Fsp3) is 0.368. The lowest BCUT2D eigenvalue weighted by molar-refractivity contribution is 0.0746. The average Bonchev–Trinajstić information content (AvgIpc) is 2.67. The van der Waals surface area contributed by atoms with Crippen LogP contribution in [-0.4, -0.2) is 53.5 Å². The van der Waals surface area contributed by atoms with Crippen LogP contribution in [0.5, 0.6) is 0 Å². The number of carbonyl (C=O) groups is 1.